The Morgan fingerprint density at radius 2 is 1.85 bits per heavy atom. The minimum atomic E-state index is 0.566. The fourth-order valence-electron chi connectivity index (χ4n) is 1.87. The Morgan fingerprint density at radius 1 is 1.15 bits per heavy atom. The van der Waals surface area contributed by atoms with Gasteiger partial charge in [0.15, 0.2) is 0 Å². The summed E-state index contributed by atoms with van der Waals surface area (Å²) in [6, 6.07) is 6.37. The van der Waals surface area contributed by atoms with Crippen molar-refractivity contribution in [2.75, 3.05) is 6.54 Å². The van der Waals surface area contributed by atoms with Gasteiger partial charge in [0.05, 0.1) is 6.54 Å². The van der Waals surface area contributed by atoms with Gasteiger partial charge in [-0.2, -0.15) is 0 Å². The van der Waals surface area contributed by atoms with Crippen molar-refractivity contribution >= 4 is 23.2 Å². The maximum absolute atomic E-state index is 5.93. The third-order valence-electron chi connectivity index (χ3n) is 2.48. The lowest BCUT2D eigenvalue weighted by Gasteiger charge is -2.07. The fraction of sp³-hybridized carbons (Fsp3) is 0.400. The first-order valence-corrected chi connectivity index (χ1v) is 5.30. The Morgan fingerprint density at radius 3 is 2.38 bits per heavy atom. The van der Waals surface area contributed by atoms with Gasteiger partial charge in [0.1, 0.15) is 6.04 Å². The van der Waals surface area contributed by atoms with E-state index in [-0.39, 0.29) is 0 Å². The molecular formula is C10H12Cl2N+. The average Bonchev–Trinajstić information content (AvgIpc) is 2.53. The first kappa shape index (κ1) is 9.32. The Labute approximate surface area is 88.0 Å². The molecule has 1 nitrogen and oxygen atoms in total. The van der Waals surface area contributed by atoms with Crippen LogP contribution in [0, 0.1) is 0 Å². The summed E-state index contributed by atoms with van der Waals surface area (Å²) in [5.74, 6) is 0. The molecule has 0 saturated carbocycles. The lowest BCUT2D eigenvalue weighted by molar-refractivity contribution is -0.676. The van der Waals surface area contributed by atoms with Gasteiger partial charge < -0.3 is 5.32 Å². The van der Waals surface area contributed by atoms with Crippen molar-refractivity contribution in [2.45, 2.75) is 18.9 Å². The molecule has 1 aromatic carbocycles. The first-order valence-electron chi connectivity index (χ1n) is 4.55. The minimum Gasteiger partial charge on any atom is -0.340 e. The number of hydrogen-bond acceptors (Lipinski definition) is 0. The molecule has 1 aliphatic heterocycles. The zero-order chi connectivity index (χ0) is 9.26. The molecule has 0 unspecified atom stereocenters. The molecular weight excluding hydrogens is 205 g/mol. The van der Waals surface area contributed by atoms with Gasteiger partial charge in [-0.15, -0.1) is 0 Å². The van der Waals surface area contributed by atoms with Crippen LogP contribution in [-0.4, -0.2) is 6.54 Å². The number of hydrogen-bond donors (Lipinski definition) is 1. The van der Waals surface area contributed by atoms with Crippen molar-refractivity contribution in [3.63, 3.8) is 0 Å². The van der Waals surface area contributed by atoms with Gasteiger partial charge in [0.2, 0.25) is 0 Å². The second kappa shape index (κ2) is 3.87. The molecule has 0 radical (unpaired) electrons. The van der Waals surface area contributed by atoms with E-state index in [1.807, 2.05) is 12.1 Å². The van der Waals surface area contributed by atoms with Gasteiger partial charge in [-0.05, 0) is 18.2 Å². The molecule has 2 N–H and O–H groups in total. The molecule has 3 heteroatoms. The predicted molar refractivity (Wildman–Crippen MR) is 55.2 cm³/mol. The van der Waals surface area contributed by atoms with E-state index in [1.165, 1.54) is 24.9 Å². The molecule has 13 heavy (non-hydrogen) atoms. The quantitative estimate of drug-likeness (QED) is 0.743. The van der Waals surface area contributed by atoms with Crippen LogP contribution in [0.5, 0.6) is 0 Å². The summed E-state index contributed by atoms with van der Waals surface area (Å²) in [6.45, 7) is 1.22. The molecule has 1 aromatic rings. The number of benzene rings is 1. The second-order valence-corrected chi connectivity index (χ2v) is 4.35. The first-order chi connectivity index (χ1) is 6.25. The van der Waals surface area contributed by atoms with E-state index in [2.05, 4.69) is 5.32 Å². The number of nitrogens with two attached hydrogens (primary N) is 1. The van der Waals surface area contributed by atoms with Gasteiger partial charge in [-0.1, -0.05) is 23.2 Å². The average molecular weight is 217 g/mol. The van der Waals surface area contributed by atoms with Crippen LogP contribution in [-0.2, 0) is 0 Å². The van der Waals surface area contributed by atoms with Crippen LogP contribution in [0.3, 0.4) is 0 Å². The molecule has 70 valence electrons. The number of halogens is 2. The van der Waals surface area contributed by atoms with E-state index in [0.717, 1.165) is 10.0 Å². The molecule has 2 rings (SSSR count). The molecule has 1 aliphatic rings. The van der Waals surface area contributed by atoms with Gasteiger partial charge in [-0.3, -0.25) is 0 Å². The minimum absolute atomic E-state index is 0.566. The highest BCUT2D eigenvalue weighted by atomic mass is 35.5. The third-order valence-corrected chi connectivity index (χ3v) is 2.92. The van der Waals surface area contributed by atoms with Crippen LogP contribution in [0.15, 0.2) is 18.2 Å². The van der Waals surface area contributed by atoms with Gasteiger partial charge in [-0.25, -0.2) is 0 Å². The largest absolute Gasteiger partial charge is 0.340 e. The zero-order valence-corrected chi connectivity index (χ0v) is 8.78. The van der Waals surface area contributed by atoms with Crippen LogP contribution in [0.4, 0.5) is 0 Å². The molecule has 0 aliphatic carbocycles. The Bertz CT molecular complexity index is 286. The van der Waals surface area contributed by atoms with Crippen molar-refractivity contribution in [3.8, 4) is 0 Å². The van der Waals surface area contributed by atoms with Crippen molar-refractivity contribution in [1.82, 2.24) is 0 Å². The van der Waals surface area contributed by atoms with E-state index in [9.17, 15) is 0 Å². The van der Waals surface area contributed by atoms with Crippen LogP contribution in [0.1, 0.15) is 24.4 Å². The lowest BCUT2D eigenvalue weighted by Crippen LogP contribution is -2.81. The summed E-state index contributed by atoms with van der Waals surface area (Å²) in [4.78, 5) is 0. The van der Waals surface area contributed by atoms with E-state index in [0.29, 0.717) is 6.04 Å². The summed E-state index contributed by atoms with van der Waals surface area (Å²) in [5.41, 5.74) is 1.26. The third kappa shape index (κ3) is 2.16. The van der Waals surface area contributed by atoms with Crippen LogP contribution < -0.4 is 5.32 Å². The second-order valence-electron chi connectivity index (χ2n) is 3.48. The highest BCUT2D eigenvalue weighted by Gasteiger charge is 2.20. The summed E-state index contributed by atoms with van der Waals surface area (Å²) in [5, 5.41) is 3.83. The molecule has 0 aromatic heterocycles. The monoisotopic (exact) mass is 216 g/mol. The topological polar surface area (TPSA) is 16.6 Å². The van der Waals surface area contributed by atoms with Crippen molar-refractivity contribution < 1.29 is 5.32 Å². The smallest absolute Gasteiger partial charge is 0.112 e. The van der Waals surface area contributed by atoms with Crippen LogP contribution >= 0.6 is 23.2 Å². The molecule has 0 amide bonds. The van der Waals surface area contributed by atoms with E-state index in [1.54, 1.807) is 6.07 Å². The molecule has 1 fully saturated rings. The van der Waals surface area contributed by atoms with E-state index in [4.69, 9.17) is 23.2 Å². The SMILES string of the molecule is Clc1cc(Cl)cc([C@H]2CCC[NH2+]2)c1. The predicted octanol–water partition coefficient (Wildman–Crippen LogP) is 2.39. The Kier molecular flexibility index (Phi) is 2.77. The van der Waals surface area contributed by atoms with Crippen LogP contribution in [0.2, 0.25) is 10.0 Å². The highest BCUT2D eigenvalue weighted by molar-refractivity contribution is 6.34. The van der Waals surface area contributed by atoms with Gasteiger partial charge in [0.25, 0.3) is 0 Å². The maximum Gasteiger partial charge on any atom is 0.112 e. The van der Waals surface area contributed by atoms with E-state index < -0.39 is 0 Å². The number of rotatable bonds is 1. The van der Waals surface area contributed by atoms with Gasteiger partial charge >= 0.3 is 0 Å². The van der Waals surface area contributed by atoms with Crippen molar-refractivity contribution in [3.05, 3.63) is 33.8 Å². The van der Waals surface area contributed by atoms with Gasteiger partial charge in [0, 0.05) is 28.5 Å². The molecule has 1 saturated heterocycles. The molecule has 1 heterocycles. The van der Waals surface area contributed by atoms with Crippen LogP contribution in [0.25, 0.3) is 0 Å². The van der Waals surface area contributed by atoms with Crippen molar-refractivity contribution in [2.24, 2.45) is 0 Å². The lowest BCUT2D eigenvalue weighted by atomic mass is 10.1. The molecule has 0 spiro atoms. The van der Waals surface area contributed by atoms with E-state index >= 15 is 0 Å². The zero-order valence-electron chi connectivity index (χ0n) is 7.26. The standard InChI is InChI=1S/C10H11Cl2N/c11-8-4-7(5-9(12)6-8)10-2-1-3-13-10/h4-6,10,13H,1-3H2/p+1/t10-/m1/s1. The van der Waals surface area contributed by atoms with Crippen molar-refractivity contribution in [1.29, 1.82) is 0 Å². The molecule has 0 bridgehead atoms. The summed E-state index contributed by atoms with van der Waals surface area (Å²) < 4.78 is 0. The molecule has 1 atom stereocenters. The number of quaternary nitrogens is 1. The summed E-state index contributed by atoms with van der Waals surface area (Å²) in [6.07, 6.45) is 2.52. The maximum atomic E-state index is 5.93. The normalized spacial score (nSPS) is 22.2. The Balaban J connectivity index is 2.28. The Hall–Kier alpha value is -0.240. The summed E-state index contributed by atoms with van der Waals surface area (Å²) in [7, 11) is 0. The summed E-state index contributed by atoms with van der Waals surface area (Å²) >= 11 is 11.9. The fourth-order valence-corrected chi connectivity index (χ4v) is 2.41. The highest BCUT2D eigenvalue weighted by Crippen LogP contribution is 2.25.